The molecular formula is C31H42FN7O4S. The molecule has 44 heavy (non-hydrogen) atoms. The van der Waals surface area contributed by atoms with Crippen molar-refractivity contribution in [3.63, 3.8) is 0 Å². The van der Waals surface area contributed by atoms with Crippen LogP contribution in [0, 0.1) is 11.7 Å². The zero-order valence-electron chi connectivity index (χ0n) is 25.4. The Kier molecular flexibility index (Phi) is 10.6. The number of hydrogen-bond donors (Lipinski definition) is 3. The first-order valence-corrected chi connectivity index (χ1v) is 16.6. The average Bonchev–Trinajstić information content (AvgIpc) is 3.66. The maximum Gasteiger partial charge on any atom is 0.256 e. The number of aryl methyl sites for hydroxylation is 1. The second-order valence-electron chi connectivity index (χ2n) is 11.9. The number of hydrogen-bond acceptors (Lipinski definition) is 7. The monoisotopic (exact) mass is 627 g/mol. The molecule has 2 aliphatic heterocycles. The van der Waals surface area contributed by atoms with Gasteiger partial charge in [-0.05, 0) is 43.5 Å². The lowest BCUT2D eigenvalue weighted by molar-refractivity contribution is -0.137. The number of rotatable bonds is 10. The Morgan fingerprint density at radius 2 is 1.80 bits per heavy atom. The summed E-state index contributed by atoms with van der Waals surface area (Å²) in [4.78, 5) is 56.3. The van der Waals surface area contributed by atoms with E-state index in [9.17, 15) is 19.2 Å². The van der Waals surface area contributed by atoms with Crippen LogP contribution in [0.5, 0.6) is 0 Å². The summed E-state index contributed by atoms with van der Waals surface area (Å²) < 4.78 is 17.2. The van der Waals surface area contributed by atoms with Crippen molar-refractivity contribution in [2.45, 2.75) is 75.5 Å². The Morgan fingerprint density at radius 3 is 2.50 bits per heavy atom. The molecule has 3 N–H and O–H groups in total. The lowest BCUT2D eigenvalue weighted by Gasteiger charge is -2.34. The van der Waals surface area contributed by atoms with Gasteiger partial charge in [0.25, 0.3) is 5.91 Å². The Hall–Kier alpha value is -3.45. The summed E-state index contributed by atoms with van der Waals surface area (Å²) in [7, 11) is 2.00. The topological polar surface area (TPSA) is 129 Å². The summed E-state index contributed by atoms with van der Waals surface area (Å²) in [6.45, 7) is 5.08. The van der Waals surface area contributed by atoms with Gasteiger partial charge in [-0.2, -0.15) is 5.10 Å². The summed E-state index contributed by atoms with van der Waals surface area (Å²) >= 11 is 1.57. The van der Waals surface area contributed by atoms with E-state index in [1.807, 2.05) is 7.05 Å². The van der Waals surface area contributed by atoms with Gasteiger partial charge in [-0.3, -0.25) is 23.9 Å². The molecule has 238 valence electrons. The van der Waals surface area contributed by atoms with Gasteiger partial charge in [0.2, 0.25) is 17.7 Å². The SMILES string of the molecule is CCC(=O)N[C@H](Cc1ccc(NC(=O)[C@@H](NC(=O)c2cnn3c2SCC3)C2CCCCC2)c(F)c1)C(=O)N1CCN(C)CC1. The predicted molar refractivity (Wildman–Crippen MR) is 166 cm³/mol. The highest BCUT2D eigenvalue weighted by atomic mass is 32.2. The second kappa shape index (κ2) is 14.6. The number of carbonyl (C=O) groups excluding carboxylic acids is 4. The highest BCUT2D eigenvalue weighted by Gasteiger charge is 2.34. The molecule has 0 bridgehead atoms. The number of anilines is 1. The molecule has 1 aliphatic carbocycles. The van der Waals surface area contributed by atoms with Crippen molar-refractivity contribution in [1.82, 2.24) is 30.2 Å². The van der Waals surface area contributed by atoms with Crippen LogP contribution in [-0.2, 0) is 27.3 Å². The van der Waals surface area contributed by atoms with Crippen molar-refractivity contribution in [2.24, 2.45) is 5.92 Å². The van der Waals surface area contributed by atoms with Gasteiger partial charge in [-0.1, -0.05) is 32.3 Å². The van der Waals surface area contributed by atoms with Crippen molar-refractivity contribution < 1.29 is 23.6 Å². The number of benzene rings is 1. The minimum Gasteiger partial charge on any atom is -0.344 e. The molecule has 2 atom stereocenters. The van der Waals surface area contributed by atoms with Crippen molar-refractivity contribution in [1.29, 1.82) is 0 Å². The molecule has 3 aliphatic rings. The summed E-state index contributed by atoms with van der Waals surface area (Å²) in [5, 5.41) is 13.5. The molecule has 0 unspecified atom stereocenters. The minimum atomic E-state index is -0.821. The summed E-state index contributed by atoms with van der Waals surface area (Å²) in [5.74, 6) is -1.12. The van der Waals surface area contributed by atoms with E-state index in [-0.39, 0.29) is 42.2 Å². The summed E-state index contributed by atoms with van der Waals surface area (Å²) in [5.41, 5.74) is 0.969. The zero-order valence-corrected chi connectivity index (χ0v) is 26.3. The maximum atomic E-state index is 15.4. The van der Waals surface area contributed by atoms with Crippen LogP contribution >= 0.6 is 11.8 Å². The Morgan fingerprint density at radius 1 is 1.05 bits per heavy atom. The molecule has 0 spiro atoms. The quantitative estimate of drug-likeness (QED) is 0.370. The van der Waals surface area contributed by atoms with Crippen LogP contribution in [0.4, 0.5) is 10.1 Å². The third-order valence-corrected chi connectivity index (χ3v) is 9.86. The molecule has 0 radical (unpaired) electrons. The highest BCUT2D eigenvalue weighted by molar-refractivity contribution is 7.99. The van der Waals surface area contributed by atoms with Crippen LogP contribution in [0.1, 0.15) is 61.4 Å². The molecular weight excluding hydrogens is 585 g/mol. The largest absolute Gasteiger partial charge is 0.344 e. The van der Waals surface area contributed by atoms with E-state index in [2.05, 4.69) is 25.9 Å². The first-order valence-electron chi connectivity index (χ1n) is 15.6. The van der Waals surface area contributed by atoms with Crippen LogP contribution in [0.2, 0.25) is 0 Å². The van der Waals surface area contributed by atoms with Gasteiger partial charge in [0.15, 0.2) is 0 Å². The highest BCUT2D eigenvalue weighted by Crippen LogP contribution is 2.31. The van der Waals surface area contributed by atoms with E-state index in [0.29, 0.717) is 24.2 Å². The first kappa shape index (κ1) is 32.0. The van der Waals surface area contributed by atoms with Gasteiger partial charge >= 0.3 is 0 Å². The molecule has 2 fully saturated rings. The normalized spacial score (nSPS) is 18.8. The van der Waals surface area contributed by atoms with E-state index in [4.69, 9.17) is 0 Å². The maximum absolute atomic E-state index is 15.4. The molecule has 11 nitrogen and oxygen atoms in total. The van der Waals surface area contributed by atoms with Gasteiger partial charge in [0.1, 0.15) is 22.9 Å². The molecule has 2 aromatic rings. The van der Waals surface area contributed by atoms with Crippen LogP contribution in [0.15, 0.2) is 29.4 Å². The van der Waals surface area contributed by atoms with Gasteiger partial charge in [-0.25, -0.2) is 4.39 Å². The number of aromatic nitrogens is 2. The fourth-order valence-electron chi connectivity index (χ4n) is 6.13. The summed E-state index contributed by atoms with van der Waals surface area (Å²) in [6.07, 6.45) is 6.50. The van der Waals surface area contributed by atoms with Gasteiger partial charge in [0, 0.05) is 44.8 Å². The number of thioether (sulfide) groups is 1. The smallest absolute Gasteiger partial charge is 0.256 e. The molecule has 1 aromatic heterocycles. The van der Waals surface area contributed by atoms with Gasteiger partial charge in [0.05, 0.1) is 24.0 Å². The minimum absolute atomic E-state index is 0.00433. The first-order chi connectivity index (χ1) is 21.2. The molecule has 4 amide bonds. The lowest BCUT2D eigenvalue weighted by atomic mass is 9.83. The van der Waals surface area contributed by atoms with E-state index in [1.165, 1.54) is 18.3 Å². The summed E-state index contributed by atoms with van der Waals surface area (Å²) in [6, 6.07) is 2.78. The van der Waals surface area contributed by atoms with Crippen molar-refractivity contribution >= 4 is 41.1 Å². The van der Waals surface area contributed by atoms with E-state index >= 15 is 4.39 Å². The molecule has 3 heterocycles. The van der Waals surface area contributed by atoms with E-state index < -0.39 is 23.8 Å². The van der Waals surface area contributed by atoms with Crippen molar-refractivity contribution in [3.8, 4) is 0 Å². The van der Waals surface area contributed by atoms with Crippen molar-refractivity contribution in [2.75, 3.05) is 44.3 Å². The standard InChI is InChI=1S/C31H42FN7O4S/c1-3-26(40)34-25(30(43)38-13-11-37(2)12-14-38)18-20-9-10-24(23(32)17-20)35-29(42)27(21-7-5-4-6-8-21)36-28(41)22-19-33-39-15-16-44-31(22)39/h9-10,17,19,21,25,27H,3-8,11-16,18H2,1-2H3,(H,34,40)(H,35,42)(H,36,41)/t25-,27+/m1/s1. The number of halogens is 1. The molecule has 13 heteroatoms. The van der Waals surface area contributed by atoms with Crippen LogP contribution in [-0.4, -0.2) is 94.3 Å². The fourth-order valence-corrected chi connectivity index (χ4v) is 7.18. The van der Waals surface area contributed by atoms with E-state index in [0.717, 1.165) is 62.5 Å². The molecule has 1 saturated carbocycles. The van der Waals surface area contributed by atoms with Gasteiger partial charge < -0.3 is 25.8 Å². The van der Waals surface area contributed by atoms with Crippen LogP contribution in [0.3, 0.4) is 0 Å². The number of piperazine rings is 1. The number of amides is 4. The number of nitrogens with one attached hydrogen (secondary N) is 3. The lowest BCUT2D eigenvalue weighted by Crippen LogP contribution is -2.54. The second-order valence-corrected chi connectivity index (χ2v) is 13.0. The van der Waals surface area contributed by atoms with Crippen LogP contribution < -0.4 is 16.0 Å². The number of carbonyl (C=O) groups is 4. The Bertz CT molecular complexity index is 1370. The predicted octanol–water partition coefficient (Wildman–Crippen LogP) is 2.66. The number of fused-ring (bicyclic) bond motifs is 1. The Balaban J connectivity index is 1.28. The zero-order chi connectivity index (χ0) is 31.2. The van der Waals surface area contributed by atoms with Gasteiger partial charge in [-0.15, -0.1) is 11.8 Å². The van der Waals surface area contributed by atoms with Crippen molar-refractivity contribution in [3.05, 3.63) is 41.3 Å². The van der Waals surface area contributed by atoms with E-state index in [1.54, 1.807) is 34.3 Å². The average molecular weight is 628 g/mol. The number of nitrogens with zero attached hydrogens (tertiary/aromatic N) is 4. The third kappa shape index (κ3) is 7.60. The molecule has 1 aromatic carbocycles. The number of likely N-dealkylation sites (N-methyl/N-ethyl adjacent to an activating group) is 1. The Labute approximate surface area is 261 Å². The molecule has 1 saturated heterocycles. The third-order valence-electron chi connectivity index (χ3n) is 8.77. The molecule has 5 rings (SSSR count). The van der Waals surface area contributed by atoms with Crippen LogP contribution in [0.25, 0.3) is 0 Å². The fraction of sp³-hybridized carbons (Fsp3) is 0.581.